The summed E-state index contributed by atoms with van der Waals surface area (Å²) in [5.74, 6) is -1.61. The zero-order valence-corrected chi connectivity index (χ0v) is 17.6. The molecule has 0 radical (unpaired) electrons. The summed E-state index contributed by atoms with van der Waals surface area (Å²) in [6, 6.07) is 8.56. The SMILES string of the molecule is Cc1[nH]c2ccc([N+](=O)[O-])cc2c1CC(=O)OC(=O)Cc1c(C)[nH]c2ccc([N+](=O)[O-])cc12. The molecule has 0 aliphatic rings. The van der Waals surface area contributed by atoms with Gasteiger partial charge >= 0.3 is 11.9 Å². The van der Waals surface area contributed by atoms with Crippen molar-refractivity contribution in [1.82, 2.24) is 9.97 Å². The van der Waals surface area contributed by atoms with Crippen LogP contribution in [0.2, 0.25) is 0 Å². The van der Waals surface area contributed by atoms with Crippen molar-refractivity contribution in [1.29, 1.82) is 0 Å². The lowest BCUT2D eigenvalue weighted by atomic mass is 10.1. The van der Waals surface area contributed by atoms with Crippen LogP contribution in [0.25, 0.3) is 21.8 Å². The van der Waals surface area contributed by atoms with Gasteiger partial charge in [0, 0.05) is 57.5 Å². The van der Waals surface area contributed by atoms with Crippen molar-refractivity contribution in [3.8, 4) is 0 Å². The number of nitrogens with zero attached hydrogens (tertiary/aromatic N) is 2. The van der Waals surface area contributed by atoms with Gasteiger partial charge in [-0.2, -0.15) is 0 Å². The Kier molecular flexibility index (Phi) is 5.38. The first-order chi connectivity index (χ1) is 15.6. The van der Waals surface area contributed by atoms with E-state index >= 15 is 0 Å². The Morgan fingerprint density at radius 2 is 1.18 bits per heavy atom. The highest BCUT2D eigenvalue weighted by molar-refractivity contribution is 5.95. The summed E-state index contributed by atoms with van der Waals surface area (Å²) in [5.41, 5.74) is 3.30. The van der Waals surface area contributed by atoms with Crippen molar-refractivity contribution in [2.45, 2.75) is 26.7 Å². The Morgan fingerprint density at radius 1 is 0.788 bits per heavy atom. The van der Waals surface area contributed by atoms with E-state index in [1.165, 1.54) is 24.3 Å². The number of nitrogens with one attached hydrogen (secondary N) is 2. The van der Waals surface area contributed by atoms with Crippen molar-refractivity contribution in [3.63, 3.8) is 0 Å². The highest BCUT2D eigenvalue weighted by Gasteiger charge is 2.21. The van der Waals surface area contributed by atoms with E-state index < -0.39 is 21.8 Å². The molecule has 0 aliphatic carbocycles. The number of H-pyrrole nitrogens is 2. The Balaban J connectivity index is 1.53. The van der Waals surface area contributed by atoms with Gasteiger partial charge < -0.3 is 14.7 Å². The second-order valence-corrected chi connectivity index (χ2v) is 7.63. The zero-order valence-electron chi connectivity index (χ0n) is 17.6. The van der Waals surface area contributed by atoms with Crippen LogP contribution >= 0.6 is 0 Å². The van der Waals surface area contributed by atoms with Crippen LogP contribution in [-0.2, 0) is 27.2 Å². The van der Waals surface area contributed by atoms with E-state index in [0.717, 1.165) is 0 Å². The minimum atomic E-state index is -0.806. The molecule has 0 saturated carbocycles. The van der Waals surface area contributed by atoms with Gasteiger partial charge in [-0.05, 0) is 37.1 Å². The van der Waals surface area contributed by atoms with E-state index in [9.17, 15) is 29.8 Å². The summed E-state index contributed by atoms with van der Waals surface area (Å²) in [5, 5.41) is 23.2. The topological polar surface area (TPSA) is 161 Å². The molecule has 0 unspecified atom stereocenters. The normalized spacial score (nSPS) is 11.1. The van der Waals surface area contributed by atoms with Gasteiger partial charge in [0.05, 0.1) is 22.7 Å². The molecule has 0 bridgehead atoms. The number of hydrogen-bond donors (Lipinski definition) is 2. The zero-order chi connectivity index (χ0) is 23.9. The average molecular weight is 450 g/mol. The number of nitro benzene ring substituents is 2. The maximum atomic E-state index is 12.5. The van der Waals surface area contributed by atoms with Crippen LogP contribution in [0.3, 0.4) is 0 Å². The molecular weight excluding hydrogens is 432 g/mol. The molecule has 0 amide bonds. The summed E-state index contributed by atoms with van der Waals surface area (Å²) in [6.07, 6.45) is -0.506. The monoisotopic (exact) mass is 450 g/mol. The molecule has 11 nitrogen and oxygen atoms in total. The van der Waals surface area contributed by atoms with Crippen molar-refractivity contribution in [3.05, 3.63) is 79.1 Å². The number of nitro groups is 2. The lowest BCUT2D eigenvalue weighted by Gasteiger charge is -2.05. The van der Waals surface area contributed by atoms with Crippen LogP contribution in [0.15, 0.2) is 36.4 Å². The molecule has 2 N–H and O–H groups in total. The predicted octanol–water partition coefficient (Wildman–Crippen LogP) is 3.94. The molecule has 0 aliphatic heterocycles. The molecule has 4 rings (SSSR count). The Hall–Kier alpha value is -4.54. The van der Waals surface area contributed by atoms with Gasteiger partial charge in [-0.3, -0.25) is 29.8 Å². The number of aromatic amines is 2. The molecule has 0 fully saturated rings. The number of aryl methyl sites for hydroxylation is 2. The molecule has 168 valence electrons. The summed E-state index contributed by atoms with van der Waals surface area (Å²) >= 11 is 0. The number of fused-ring (bicyclic) bond motifs is 2. The third-order valence-corrected chi connectivity index (χ3v) is 5.50. The fraction of sp³-hybridized carbons (Fsp3) is 0.182. The quantitative estimate of drug-likeness (QED) is 0.195. The maximum absolute atomic E-state index is 12.5. The van der Waals surface area contributed by atoms with Crippen LogP contribution in [0.4, 0.5) is 11.4 Å². The van der Waals surface area contributed by atoms with Crippen molar-refractivity contribution in [2.75, 3.05) is 0 Å². The molecule has 0 spiro atoms. The first-order valence-electron chi connectivity index (χ1n) is 9.88. The molecule has 11 heteroatoms. The second-order valence-electron chi connectivity index (χ2n) is 7.63. The predicted molar refractivity (Wildman–Crippen MR) is 118 cm³/mol. The number of esters is 2. The van der Waals surface area contributed by atoms with Crippen molar-refractivity contribution in [2.24, 2.45) is 0 Å². The van der Waals surface area contributed by atoms with Gasteiger partial charge in [0.25, 0.3) is 11.4 Å². The first-order valence-corrected chi connectivity index (χ1v) is 9.88. The number of ether oxygens (including phenoxy) is 1. The number of hydrogen-bond acceptors (Lipinski definition) is 7. The molecule has 0 saturated heterocycles. The Bertz CT molecular complexity index is 1350. The van der Waals surface area contributed by atoms with E-state index in [-0.39, 0.29) is 24.2 Å². The lowest BCUT2D eigenvalue weighted by molar-refractivity contribution is -0.384. The standard InChI is InChI=1S/C22H18N4O7/c1-11-15(17-7-13(25(29)30)3-5-19(17)23-11)9-21(27)33-22(28)10-16-12(2)24-20-6-4-14(26(31)32)8-18(16)20/h3-8,23-24H,9-10H2,1-2H3. The molecule has 2 heterocycles. The lowest BCUT2D eigenvalue weighted by Crippen LogP contribution is -2.16. The van der Waals surface area contributed by atoms with Gasteiger partial charge in [0.1, 0.15) is 0 Å². The van der Waals surface area contributed by atoms with Crippen LogP contribution in [-0.4, -0.2) is 31.8 Å². The Labute approximate surface area is 185 Å². The number of benzene rings is 2. The van der Waals surface area contributed by atoms with Gasteiger partial charge in [-0.1, -0.05) is 0 Å². The van der Waals surface area contributed by atoms with Gasteiger partial charge in [-0.15, -0.1) is 0 Å². The highest BCUT2D eigenvalue weighted by Crippen LogP contribution is 2.28. The minimum Gasteiger partial charge on any atom is -0.393 e. The van der Waals surface area contributed by atoms with Gasteiger partial charge in [0.15, 0.2) is 0 Å². The molecule has 0 atom stereocenters. The smallest absolute Gasteiger partial charge is 0.318 e. The third-order valence-electron chi connectivity index (χ3n) is 5.50. The number of carbonyl (C=O) groups excluding carboxylic acids is 2. The summed E-state index contributed by atoms with van der Waals surface area (Å²) in [4.78, 5) is 52.2. The van der Waals surface area contributed by atoms with Gasteiger partial charge in [0.2, 0.25) is 0 Å². The van der Waals surface area contributed by atoms with E-state index in [1.54, 1.807) is 26.0 Å². The van der Waals surface area contributed by atoms with E-state index in [0.29, 0.717) is 44.3 Å². The Morgan fingerprint density at radius 3 is 1.55 bits per heavy atom. The van der Waals surface area contributed by atoms with E-state index in [2.05, 4.69) is 9.97 Å². The van der Waals surface area contributed by atoms with Gasteiger partial charge in [-0.25, -0.2) is 0 Å². The summed E-state index contributed by atoms with van der Waals surface area (Å²) in [6.45, 7) is 3.44. The third kappa shape index (κ3) is 4.15. The first kappa shape index (κ1) is 21.7. The van der Waals surface area contributed by atoms with Crippen LogP contribution < -0.4 is 0 Å². The van der Waals surface area contributed by atoms with E-state index in [4.69, 9.17) is 4.74 Å². The molecule has 33 heavy (non-hydrogen) atoms. The summed E-state index contributed by atoms with van der Waals surface area (Å²) in [7, 11) is 0. The number of aromatic nitrogens is 2. The van der Waals surface area contributed by atoms with Crippen molar-refractivity contribution >= 4 is 45.1 Å². The van der Waals surface area contributed by atoms with Crippen LogP contribution in [0.5, 0.6) is 0 Å². The maximum Gasteiger partial charge on any atom is 0.318 e. The molecule has 2 aromatic carbocycles. The second kappa shape index (κ2) is 8.19. The number of rotatable bonds is 6. The largest absolute Gasteiger partial charge is 0.393 e. The molecular formula is C22H18N4O7. The summed E-state index contributed by atoms with van der Waals surface area (Å²) < 4.78 is 4.99. The van der Waals surface area contributed by atoms with Crippen molar-refractivity contribution < 1.29 is 24.2 Å². The molecule has 2 aromatic heterocycles. The minimum absolute atomic E-state index is 0.115. The fourth-order valence-corrected chi connectivity index (χ4v) is 3.91. The van der Waals surface area contributed by atoms with Crippen LogP contribution in [0.1, 0.15) is 22.5 Å². The fourth-order valence-electron chi connectivity index (χ4n) is 3.91. The average Bonchev–Trinajstić information content (AvgIpc) is 3.22. The molecule has 4 aromatic rings. The number of carbonyl (C=O) groups is 2. The van der Waals surface area contributed by atoms with Crippen LogP contribution in [0, 0.1) is 34.1 Å². The number of non-ortho nitro benzene ring substituents is 2. The highest BCUT2D eigenvalue weighted by atomic mass is 16.6. The van der Waals surface area contributed by atoms with E-state index in [1.807, 2.05) is 0 Å².